The lowest BCUT2D eigenvalue weighted by atomic mass is 9.98. The van der Waals surface area contributed by atoms with Crippen molar-refractivity contribution in [3.05, 3.63) is 24.3 Å². The van der Waals surface area contributed by atoms with Crippen LogP contribution in [0, 0.1) is 0 Å². The van der Waals surface area contributed by atoms with Gasteiger partial charge < -0.3 is 15.5 Å². The van der Waals surface area contributed by atoms with Crippen molar-refractivity contribution >= 4 is 29.2 Å². The number of urea groups is 1. The van der Waals surface area contributed by atoms with Crippen molar-refractivity contribution in [2.75, 3.05) is 29.9 Å². The van der Waals surface area contributed by atoms with Gasteiger partial charge in [-0.15, -0.1) is 0 Å². The van der Waals surface area contributed by atoms with Crippen LogP contribution in [0.25, 0.3) is 0 Å². The van der Waals surface area contributed by atoms with Gasteiger partial charge in [-0.3, -0.25) is 14.5 Å². The molecule has 4 amide bonds. The molecule has 28 heavy (non-hydrogen) atoms. The molecule has 1 aromatic rings. The quantitative estimate of drug-likeness (QED) is 0.765. The van der Waals surface area contributed by atoms with Crippen LogP contribution in [0.5, 0.6) is 0 Å². The lowest BCUT2D eigenvalue weighted by Gasteiger charge is -2.30. The number of piperidine rings is 1. The second-order valence-corrected chi connectivity index (χ2v) is 8.04. The summed E-state index contributed by atoms with van der Waals surface area (Å²) in [5, 5.41) is 5.83. The van der Waals surface area contributed by atoms with E-state index in [-0.39, 0.29) is 30.8 Å². The second kappa shape index (κ2) is 7.81. The van der Waals surface area contributed by atoms with Crippen molar-refractivity contribution in [1.29, 1.82) is 0 Å². The van der Waals surface area contributed by atoms with Crippen molar-refractivity contribution in [3.8, 4) is 0 Å². The molecule has 2 aliphatic heterocycles. The number of nitrogens with one attached hydrogen (secondary N) is 2. The first-order valence-electron chi connectivity index (χ1n) is 10.4. The SMILES string of the molecule is O=C(CCN1C(=O)NC2(CCCC2)C1=O)Nc1ccccc1N1CCCCC1. The maximum atomic E-state index is 12.7. The van der Waals surface area contributed by atoms with Gasteiger partial charge in [0.15, 0.2) is 0 Å². The van der Waals surface area contributed by atoms with Gasteiger partial charge in [-0.1, -0.05) is 25.0 Å². The number of imide groups is 1. The molecule has 1 spiro atoms. The zero-order valence-corrected chi connectivity index (χ0v) is 16.2. The van der Waals surface area contributed by atoms with E-state index >= 15 is 0 Å². The number of rotatable bonds is 5. The number of para-hydroxylation sites is 2. The number of hydrogen-bond donors (Lipinski definition) is 2. The van der Waals surface area contributed by atoms with Gasteiger partial charge in [0.1, 0.15) is 5.54 Å². The highest BCUT2D eigenvalue weighted by molar-refractivity contribution is 6.07. The Morgan fingerprint density at radius 3 is 2.50 bits per heavy atom. The van der Waals surface area contributed by atoms with Gasteiger partial charge in [-0.25, -0.2) is 4.79 Å². The van der Waals surface area contributed by atoms with E-state index < -0.39 is 5.54 Å². The normalized spacial score (nSPS) is 21.3. The van der Waals surface area contributed by atoms with E-state index in [0.717, 1.165) is 50.1 Å². The molecule has 0 bridgehead atoms. The molecule has 1 aromatic carbocycles. The highest BCUT2D eigenvalue weighted by Crippen LogP contribution is 2.35. The summed E-state index contributed by atoms with van der Waals surface area (Å²) in [5.41, 5.74) is 1.11. The van der Waals surface area contributed by atoms with E-state index in [4.69, 9.17) is 0 Å². The largest absolute Gasteiger partial charge is 0.370 e. The average molecular weight is 384 g/mol. The Hall–Kier alpha value is -2.57. The van der Waals surface area contributed by atoms with Crippen LogP contribution in [0.4, 0.5) is 16.2 Å². The summed E-state index contributed by atoms with van der Waals surface area (Å²) in [7, 11) is 0. The average Bonchev–Trinajstić information content (AvgIpc) is 3.27. The number of carbonyl (C=O) groups excluding carboxylic acids is 3. The van der Waals surface area contributed by atoms with Gasteiger partial charge in [0.2, 0.25) is 5.91 Å². The molecule has 3 aliphatic rings. The third-order valence-electron chi connectivity index (χ3n) is 6.14. The van der Waals surface area contributed by atoms with E-state index in [0.29, 0.717) is 12.8 Å². The van der Waals surface area contributed by atoms with Crippen LogP contribution in [0.1, 0.15) is 51.4 Å². The minimum atomic E-state index is -0.714. The minimum Gasteiger partial charge on any atom is -0.370 e. The highest BCUT2D eigenvalue weighted by Gasteiger charge is 2.52. The number of amides is 4. The van der Waals surface area contributed by atoms with Crippen molar-refractivity contribution in [2.45, 2.75) is 56.9 Å². The number of hydrogen-bond acceptors (Lipinski definition) is 4. The monoisotopic (exact) mass is 384 g/mol. The summed E-state index contributed by atoms with van der Waals surface area (Å²) in [4.78, 5) is 41.0. The third kappa shape index (κ3) is 3.57. The van der Waals surface area contributed by atoms with Crippen LogP contribution in [0.3, 0.4) is 0 Å². The molecule has 7 nitrogen and oxygen atoms in total. The number of anilines is 2. The second-order valence-electron chi connectivity index (χ2n) is 8.04. The Morgan fingerprint density at radius 1 is 1.04 bits per heavy atom. The van der Waals surface area contributed by atoms with Crippen molar-refractivity contribution < 1.29 is 14.4 Å². The molecule has 150 valence electrons. The molecule has 0 radical (unpaired) electrons. The molecule has 3 fully saturated rings. The van der Waals surface area contributed by atoms with Gasteiger partial charge in [0.25, 0.3) is 5.91 Å². The van der Waals surface area contributed by atoms with Crippen LogP contribution >= 0.6 is 0 Å². The summed E-state index contributed by atoms with van der Waals surface area (Å²) >= 11 is 0. The van der Waals surface area contributed by atoms with E-state index in [1.807, 2.05) is 24.3 Å². The maximum Gasteiger partial charge on any atom is 0.325 e. The molecule has 0 unspecified atom stereocenters. The Kier molecular flexibility index (Phi) is 5.24. The molecular weight excluding hydrogens is 356 g/mol. The molecule has 2 heterocycles. The molecule has 1 aliphatic carbocycles. The van der Waals surface area contributed by atoms with E-state index in [1.165, 1.54) is 11.3 Å². The molecule has 4 rings (SSSR count). The lowest BCUT2D eigenvalue weighted by Crippen LogP contribution is -2.44. The van der Waals surface area contributed by atoms with Crippen LogP contribution < -0.4 is 15.5 Å². The van der Waals surface area contributed by atoms with Crippen molar-refractivity contribution in [3.63, 3.8) is 0 Å². The first-order chi connectivity index (χ1) is 13.6. The fourth-order valence-corrected chi connectivity index (χ4v) is 4.61. The molecule has 7 heteroatoms. The Balaban J connectivity index is 1.36. The van der Waals surface area contributed by atoms with Crippen molar-refractivity contribution in [2.24, 2.45) is 0 Å². The van der Waals surface area contributed by atoms with Gasteiger partial charge >= 0.3 is 6.03 Å². The zero-order chi connectivity index (χ0) is 19.6. The predicted octanol–water partition coefficient (Wildman–Crippen LogP) is 2.87. The summed E-state index contributed by atoms with van der Waals surface area (Å²) in [5.74, 6) is -0.353. The summed E-state index contributed by atoms with van der Waals surface area (Å²) in [6.07, 6.45) is 6.97. The predicted molar refractivity (Wildman–Crippen MR) is 107 cm³/mol. The first-order valence-corrected chi connectivity index (χ1v) is 10.4. The lowest BCUT2D eigenvalue weighted by molar-refractivity contribution is -0.131. The number of carbonyl (C=O) groups is 3. The Bertz CT molecular complexity index is 767. The molecular formula is C21H28N4O3. The minimum absolute atomic E-state index is 0.101. The number of benzene rings is 1. The van der Waals surface area contributed by atoms with Gasteiger partial charge in [0.05, 0.1) is 11.4 Å². The van der Waals surface area contributed by atoms with E-state index in [9.17, 15) is 14.4 Å². The zero-order valence-electron chi connectivity index (χ0n) is 16.2. The van der Waals surface area contributed by atoms with E-state index in [1.54, 1.807) is 0 Å². The van der Waals surface area contributed by atoms with Gasteiger partial charge in [0, 0.05) is 26.1 Å². The first kappa shape index (κ1) is 18.8. The summed E-state index contributed by atoms with van der Waals surface area (Å²) < 4.78 is 0. The van der Waals surface area contributed by atoms with Crippen molar-refractivity contribution in [1.82, 2.24) is 10.2 Å². The standard InChI is InChI=1S/C21H28N4O3/c26-18(10-15-25-19(27)21(23-20(25)28)11-4-5-12-21)22-16-8-2-3-9-17(16)24-13-6-1-7-14-24/h2-3,8-9H,1,4-7,10-15H2,(H,22,26)(H,23,28). The number of nitrogens with zero attached hydrogens (tertiary/aromatic N) is 2. The van der Waals surface area contributed by atoms with Crippen LogP contribution in [0.2, 0.25) is 0 Å². The maximum absolute atomic E-state index is 12.7. The van der Waals surface area contributed by atoms with Gasteiger partial charge in [-0.05, 0) is 44.2 Å². The van der Waals surface area contributed by atoms with Crippen LogP contribution in [0.15, 0.2) is 24.3 Å². The molecule has 0 aromatic heterocycles. The Labute approximate surface area is 165 Å². The topological polar surface area (TPSA) is 81.8 Å². The Morgan fingerprint density at radius 2 is 1.75 bits per heavy atom. The third-order valence-corrected chi connectivity index (χ3v) is 6.14. The molecule has 2 saturated heterocycles. The van der Waals surface area contributed by atoms with Crippen LogP contribution in [-0.4, -0.2) is 47.9 Å². The smallest absolute Gasteiger partial charge is 0.325 e. The summed E-state index contributed by atoms with van der Waals surface area (Å²) in [6.45, 7) is 2.11. The highest BCUT2D eigenvalue weighted by atomic mass is 16.2. The molecule has 2 N–H and O–H groups in total. The van der Waals surface area contributed by atoms with E-state index in [2.05, 4.69) is 15.5 Å². The van der Waals surface area contributed by atoms with Gasteiger partial charge in [-0.2, -0.15) is 0 Å². The molecule has 1 saturated carbocycles. The summed E-state index contributed by atoms with van der Waals surface area (Å²) in [6, 6.07) is 7.46. The fraction of sp³-hybridized carbons (Fsp3) is 0.571. The fourth-order valence-electron chi connectivity index (χ4n) is 4.61. The van der Waals surface area contributed by atoms with Crippen LogP contribution in [-0.2, 0) is 9.59 Å². The molecule has 0 atom stereocenters.